The minimum Gasteiger partial charge on any atom is -0.294 e. The summed E-state index contributed by atoms with van der Waals surface area (Å²) < 4.78 is 0. The van der Waals surface area contributed by atoms with Crippen LogP contribution in [0.5, 0.6) is 0 Å². The van der Waals surface area contributed by atoms with E-state index in [-0.39, 0.29) is 11.5 Å². The van der Waals surface area contributed by atoms with E-state index in [1.165, 1.54) is 80.6 Å². The molecule has 0 amide bonds. The molecule has 14 aromatic rings. The van der Waals surface area contributed by atoms with Crippen molar-refractivity contribution in [2.24, 2.45) is 5.92 Å². The molecule has 49 heavy (non-hydrogen) atoms. The molecule has 2 aliphatic carbocycles. The van der Waals surface area contributed by atoms with Gasteiger partial charge in [-0.1, -0.05) is 60.7 Å². The molecule has 3 atom stereocenters. The second kappa shape index (κ2) is 5.94. The summed E-state index contributed by atoms with van der Waals surface area (Å²) in [6.45, 7) is 6.08. The quantitative estimate of drug-likeness (QED) is 0.109. The zero-order chi connectivity index (χ0) is 30.9. The lowest BCUT2D eigenvalue weighted by Gasteiger charge is -2.36. The van der Waals surface area contributed by atoms with Crippen molar-refractivity contribution in [3.8, 4) is 12.3 Å². The van der Waals surface area contributed by atoms with E-state index in [0.29, 0.717) is 5.92 Å². The van der Waals surface area contributed by atoms with Crippen molar-refractivity contribution in [3.63, 3.8) is 0 Å². The molecule has 14 aromatic carbocycles. The maximum Gasteiger partial charge on any atom is 0.0427 e. The molecule has 0 saturated carbocycles. The first-order valence-corrected chi connectivity index (χ1v) is 18.0. The van der Waals surface area contributed by atoms with Gasteiger partial charge in [-0.25, -0.2) is 0 Å². The largest absolute Gasteiger partial charge is 0.294 e. The Labute approximate surface area is 276 Å². The van der Waals surface area contributed by atoms with Gasteiger partial charge in [0.05, 0.1) is 0 Å². The van der Waals surface area contributed by atoms with Gasteiger partial charge in [-0.15, -0.1) is 18.9 Å². The lowest BCUT2D eigenvalue weighted by Crippen LogP contribution is -2.39. The van der Waals surface area contributed by atoms with E-state index in [0.717, 1.165) is 19.5 Å². The molecule has 218 valence electrons. The van der Waals surface area contributed by atoms with E-state index >= 15 is 0 Å². The number of nitrogens with zero attached hydrogens (tertiary/aromatic N) is 1. The van der Waals surface area contributed by atoms with Crippen LogP contribution in [0, 0.1) is 18.3 Å². The second-order valence-electron chi connectivity index (χ2n) is 16.4. The Bertz CT molecular complexity index is 3960. The smallest absolute Gasteiger partial charge is 0.0427 e. The van der Waals surface area contributed by atoms with Crippen molar-refractivity contribution in [1.82, 2.24) is 4.90 Å². The van der Waals surface area contributed by atoms with Gasteiger partial charge in [-0.3, -0.25) is 4.90 Å². The number of hydrogen-bond donors (Lipinski definition) is 0. The van der Waals surface area contributed by atoms with Crippen molar-refractivity contribution in [1.29, 1.82) is 0 Å². The van der Waals surface area contributed by atoms with Gasteiger partial charge in [0.2, 0.25) is 0 Å². The lowest BCUT2D eigenvalue weighted by molar-refractivity contribution is 0.270. The summed E-state index contributed by atoms with van der Waals surface area (Å²) in [5.41, 5.74) is 3.06. The average molecular weight is 612 g/mol. The monoisotopic (exact) mass is 611 g/mol. The number of rotatable bonds is 3. The molecule has 1 spiro atoms. The van der Waals surface area contributed by atoms with E-state index in [9.17, 15) is 0 Å². The fourth-order valence-corrected chi connectivity index (χ4v) is 14.4. The van der Waals surface area contributed by atoms with Crippen molar-refractivity contribution in [3.05, 3.63) is 77.5 Å². The van der Waals surface area contributed by atoms with Gasteiger partial charge in [-0.2, -0.15) is 0 Å². The number of terminal acetylenes is 1. The molecule has 1 nitrogen and oxygen atoms in total. The molecule has 17 rings (SSSR count). The Hall–Kier alpha value is -5.68. The molecule has 1 aliphatic heterocycles. The summed E-state index contributed by atoms with van der Waals surface area (Å²) >= 11 is 0. The zero-order valence-electron chi connectivity index (χ0n) is 26.3. The first kappa shape index (κ1) is 22.0. The summed E-state index contributed by atoms with van der Waals surface area (Å²) in [6, 6.07) is 20.2. The van der Waals surface area contributed by atoms with Crippen LogP contribution in [0.3, 0.4) is 0 Å². The molecule has 3 aliphatic rings. The highest BCUT2D eigenvalue weighted by Crippen LogP contribution is 2.70. The van der Waals surface area contributed by atoms with Crippen LogP contribution in [0.15, 0.2) is 61.2 Å². The van der Waals surface area contributed by atoms with E-state index in [1.54, 1.807) is 75.8 Å². The van der Waals surface area contributed by atoms with Gasteiger partial charge in [0.15, 0.2) is 0 Å². The van der Waals surface area contributed by atoms with Gasteiger partial charge in [0, 0.05) is 36.9 Å². The van der Waals surface area contributed by atoms with Crippen LogP contribution in [0.2, 0.25) is 0 Å². The second-order valence-corrected chi connectivity index (χ2v) is 16.4. The van der Waals surface area contributed by atoms with Crippen LogP contribution in [0.4, 0.5) is 0 Å². The number of fused-ring (bicyclic) bond motifs is 4. The van der Waals surface area contributed by atoms with E-state index in [2.05, 4.69) is 78.1 Å². The first-order chi connectivity index (χ1) is 24.3. The van der Waals surface area contributed by atoms with E-state index in [1.807, 2.05) is 0 Å². The third kappa shape index (κ3) is 1.60. The van der Waals surface area contributed by atoms with Crippen molar-refractivity contribution in [2.75, 3.05) is 13.1 Å². The summed E-state index contributed by atoms with van der Waals surface area (Å²) in [5.74, 6) is 3.44. The van der Waals surface area contributed by atoms with Crippen LogP contribution < -0.4 is 5.22 Å². The zero-order valence-corrected chi connectivity index (χ0v) is 26.3. The SMILES string of the molecule is C#CCC1C2C=c3c4ccc5c6ccc7c8ccc9c%10ccc%11c%12c%13c(c3c3c4c5c4c6c7c5c8c9c(c%10%12)c6c%13c3c4c56)[C@]%112CN1CC=C. The lowest BCUT2D eigenvalue weighted by atomic mass is 9.64. The van der Waals surface area contributed by atoms with Crippen molar-refractivity contribution < 1.29 is 0 Å². The van der Waals surface area contributed by atoms with Crippen LogP contribution in [-0.2, 0) is 5.41 Å². The molecule has 0 N–H and O–H groups in total. The number of benzene rings is 9. The minimum absolute atomic E-state index is 0.130. The summed E-state index contributed by atoms with van der Waals surface area (Å²) in [6.07, 6.45) is 11.8. The third-order valence-corrected chi connectivity index (χ3v) is 15.4. The molecule has 1 heterocycles. The Kier molecular flexibility index (Phi) is 2.67. The normalized spacial score (nSPS) is 23.0. The Morgan fingerprint density at radius 3 is 1.59 bits per heavy atom. The highest BCUT2D eigenvalue weighted by Gasteiger charge is 2.59. The predicted molar refractivity (Wildman–Crippen MR) is 209 cm³/mol. The fraction of sp³-hybridized carbons (Fsp3) is 0.125. The van der Waals surface area contributed by atoms with Crippen LogP contribution in [0.25, 0.3) is 146 Å². The standard InChI is InChI=1S/C48H21N/c1-3-5-27-26-15-24-23-11-10-20-19-7-6-17-18-8-9-21-22-12-13-25-36-34(22)39-31(21)30(18)37-28(17)29(19)38-32(20)33(23)40-35(24)47(48(25,26)16-49(27)14-4-2)46(36)45-43(39)41(37)42(38)44(40)45/h1,4,6-13,15,26-27H,2,5,14,16H2/t26?,27?,48-/m1/s1. The van der Waals surface area contributed by atoms with Crippen LogP contribution >= 0.6 is 0 Å². The highest BCUT2D eigenvalue weighted by atomic mass is 15.2. The van der Waals surface area contributed by atoms with Crippen molar-refractivity contribution >= 4 is 146 Å². The number of hydrogen-bond acceptors (Lipinski definition) is 1. The predicted octanol–water partition coefficient (Wildman–Crippen LogP) is 10.7. The summed E-state index contributed by atoms with van der Waals surface area (Å²) in [5, 5.41) is 41.0. The Balaban J connectivity index is 1.34. The van der Waals surface area contributed by atoms with Gasteiger partial charge in [0.1, 0.15) is 0 Å². The van der Waals surface area contributed by atoms with Gasteiger partial charge in [0.25, 0.3) is 0 Å². The molecular weight excluding hydrogens is 591 g/mol. The summed E-state index contributed by atoms with van der Waals surface area (Å²) in [4.78, 5) is 2.68. The van der Waals surface area contributed by atoms with E-state index in [4.69, 9.17) is 6.42 Å². The molecule has 2 unspecified atom stereocenters. The third-order valence-electron chi connectivity index (χ3n) is 15.4. The molecule has 1 fully saturated rings. The van der Waals surface area contributed by atoms with Gasteiger partial charge in [-0.05, 0) is 156 Å². The first-order valence-electron chi connectivity index (χ1n) is 18.0. The summed E-state index contributed by atoms with van der Waals surface area (Å²) in [7, 11) is 0. The van der Waals surface area contributed by atoms with Gasteiger partial charge >= 0.3 is 0 Å². The average Bonchev–Trinajstić information content (AvgIpc) is 3.96. The fourth-order valence-electron chi connectivity index (χ4n) is 14.4. The molecule has 1 heteroatoms. The maximum absolute atomic E-state index is 6.22. The Morgan fingerprint density at radius 2 is 1.04 bits per heavy atom. The van der Waals surface area contributed by atoms with Crippen LogP contribution in [0.1, 0.15) is 17.5 Å². The molecule has 0 radical (unpaired) electrons. The molecule has 0 aromatic heterocycles. The van der Waals surface area contributed by atoms with Crippen LogP contribution in [-0.4, -0.2) is 24.0 Å². The Morgan fingerprint density at radius 1 is 0.592 bits per heavy atom. The molecule has 1 saturated heterocycles. The van der Waals surface area contributed by atoms with E-state index < -0.39 is 0 Å². The van der Waals surface area contributed by atoms with Crippen molar-refractivity contribution in [2.45, 2.75) is 17.9 Å². The molecular formula is C48H21N. The number of likely N-dealkylation sites (tertiary alicyclic amines) is 1. The maximum atomic E-state index is 6.22. The molecule has 0 bridgehead atoms. The highest BCUT2D eigenvalue weighted by molar-refractivity contribution is 6.67. The minimum atomic E-state index is -0.130. The topological polar surface area (TPSA) is 3.24 Å². The van der Waals surface area contributed by atoms with Gasteiger partial charge < -0.3 is 0 Å².